The number of nitrogens with two attached hydrogens (primary N) is 1. The molecule has 0 unspecified atom stereocenters. The molecular weight excluding hydrogens is 222 g/mol. The van der Waals surface area contributed by atoms with Gasteiger partial charge in [0, 0.05) is 19.3 Å². The molecule has 3 heteroatoms. The Hall–Kier alpha value is -0.930. The molecule has 1 aromatic heterocycles. The third-order valence-electron chi connectivity index (χ3n) is 4.15. The second kappa shape index (κ2) is 6.30. The second-order valence-corrected chi connectivity index (χ2v) is 5.67. The van der Waals surface area contributed by atoms with Crippen molar-refractivity contribution in [3.05, 3.63) is 29.6 Å². The van der Waals surface area contributed by atoms with Crippen LogP contribution in [-0.2, 0) is 13.1 Å². The van der Waals surface area contributed by atoms with E-state index in [1.54, 1.807) is 0 Å². The van der Waals surface area contributed by atoms with Crippen molar-refractivity contribution in [3.63, 3.8) is 0 Å². The molecule has 1 aliphatic rings. The van der Waals surface area contributed by atoms with Crippen LogP contribution in [0.1, 0.15) is 37.9 Å². The van der Waals surface area contributed by atoms with Gasteiger partial charge in [-0.25, -0.2) is 0 Å². The van der Waals surface area contributed by atoms with Crippen molar-refractivity contribution in [2.45, 2.75) is 39.8 Å². The molecule has 3 nitrogen and oxygen atoms in total. The van der Waals surface area contributed by atoms with Crippen LogP contribution in [0.2, 0.25) is 0 Å². The Kier molecular flexibility index (Phi) is 4.72. The van der Waals surface area contributed by atoms with Crippen molar-refractivity contribution in [2.75, 3.05) is 13.1 Å². The first-order valence-corrected chi connectivity index (χ1v) is 7.06. The quantitative estimate of drug-likeness (QED) is 0.888. The molecular formula is C15H25N3. The van der Waals surface area contributed by atoms with E-state index in [0.29, 0.717) is 6.54 Å². The van der Waals surface area contributed by atoms with Crippen molar-refractivity contribution >= 4 is 0 Å². The smallest absolute Gasteiger partial charge is 0.0584 e. The first kappa shape index (κ1) is 13.5. The maximum atomic E-state index is 5.74. The van der Waals surface area contributed by atoms with Crippen molar-refractivity contribution in [2.24, 2.45) is 17.6 Å². The number of hydrogen-bond acceptors (Lipinski definition) is 3. The highest BCUT2D eigenvalue weighted by Gasteiger charge is 2.21. The van der Waals surface area contributed by atoms with E-state index < -0.39 is 0 Å². The fourth-order valence-electron chi connectivity index (χ4n) is 2.82. The van der Waals surface area contributed by atoms with Gasteiger partial charge in [0.15, 0.2) is 0 Å². The molecule has 100 valence electrons. The van der Waals surface area contributed by atoms with E-state index in [4.69, 9.17) is 5.73 Å². The highest BCUT2D eigenvalue weighted by Crippen LogP contribution is 2.25. The molecule has 0 amide bonds. The largest absolute Gasteiger partial charge is 0.325 e. The second-order valence-electron chi connectivity index (χ2n) is 5.67. The molecule has 0 atom stereocenters. The minimum absolute atomic E-state index is 0.540. The number of rotatable bonds is 4. The summed E-state index contributed by atoms with van der Waals surface area (Å²) in [5.74, 6) is 1.73. The Bertz CT molecular complexity index is 368. The summed E-state index contributed by atoms with van der Waals surface area (Å²) in [6, 6.07) is 4.17. The van der Waals surface area contributed by atoms with Gasteiger partial charge in [-0.1, -0.05) is 19.9 Å². The van der Waals surface area contributed by atoms with Crippen LogP contribution in [0.4, 0.5) is 0 Å². The normalized spacial score (nSPS) is 18.4. The monoisotopic (exact) mass is 247 g/mol. The van der Waals surface area contributed by atoms with Gasteiger partial charge in [0.25, 0.3) is 0 Å². The van der Waals surface area contributed by atoms with Gasteiger partial charge in [-0.2, -0.15) is 0 Å². The van der Waals surface area contributed by atoms with E-state index in [-0.39, 0.29) is 0 Å². The van der Waals surface area contributed by atoms with E-state index in [0.717, 1.165) is 24.1 Å². The van der Waals surface area contributed by atoms with Crippen LogP contribution in [0.25, 0.3) is 0 Å². The van der Waals surface area contributed by atoms with Gasteiger partial charge in [0.1, 0.15) is 0 Å². The highest BCUT2D eigenvalue weighted by atomic mass is 15.1. The van der Waals surface area contributed by atoms with Gasteiger partial charge in [-0.15, -0.1) is 0 Å². The lowest BCUT2D eigenvalue weighted by Gasteiger charge is -2.34. The van der Waals surface area contributed by atoms with Gasteiger partial charge >= 0.3 is 0 Å². The fraction of sp³-hybridized carbons (Fsp3) is 0.667. The number of aromatic nitrogens is 1. The van der Waals surface area contributed by atoms with E-state index in [2.05, 4.69) is 29.8 Å². The summed E-state index contributed by atoms with van der Waals surface area (Å²) in [5.41, 5.74) is 8.08. The van der Waals surface area contributed by atoms with Crippen molar-refractivity contribution in [1.29, 1.82) is 0 Å². The molecule has 1 aliphatic heterocycles. The molecule has 0 saturated carbocycles. The standard InChI is InChI=1S/C15H25N3/c1-12(2)13-5-8-18(9-6-13)11-14-4-3-7-17-15(14)10-16/h3-4,7,12-13H,5-6,8-11,16H2,1-2H3. The molecule has 0 bridgehead atoms. The molecule has 1 aromatic rings. The zero-order valence-electron chi connectivity index (χ0n) is 11.6. The SMILES string of the molecule is CC(C)C1CCN(Cc2cccnc2CN)CC1. The molecule has 1 saturated heterocycles. The molecule has 0 aromatic carbocycles. The molecule has 2 heterocycles. The lowest BCUT2D eigenvalue weighted by molar-refractivity contribution is 0.151. The first-order valence-electron chi connectivity index (χ1n) is 7.06. The Morgan fingerprint density at radius 2 is 2.11 bits per heavy atom. The van der Waals surface area contributed by atoms with E-state index >= 15 is 0 Å². The summed E-state index contributed by atoms with van der Waals surface area (Å²) >= 11 is 0. The summed E-state index contributed by atoms with van der Waals surface area (Å²) in [6.45, 7) is 8.65. The van der Waals surface area contributed by atoms with Crippen molar-refractivity contribution in [1.82, 2.24) is 9.88 Å². The zero-order chi connectivity index (χ0) is 13.0. The van der Waals surface area contributed by atoms with Crippen LogP contribution in [0.15, 0.2) is 18.3 Å². The van der Waals surface area contributed by atoms with Crippen LogP contribution >= 0.6 is 0 Å². The number of nitrogens with zero attached hydrogens (tertiary/aromatic N) is 2. The van der Waals surface area contributed by atoms with E-state index in [1.165, 1.54) is 31.5 Å². The van der Waals surface area contributed by atoms with E-state index in [1.807, 2.05) is 12.3 Å². The fourth-order valence-corrected chi connectivity index (χ4v) is 2.82. The summed E-state index contributed by atoms with van der Waals surface area (Å²) in [6.07, 6.45) is 4.49. The average molecular weight is 247 g/mol. The Morgan fingerprint density at radius 1 is 1.39 bits per heavy atom. The van der Waals surface area contributed by atoms with Gasteiger partial charge in [-0.3, -0.25) is 9.88 Å². The number of piperidine rings is 1. The molecule has 2 N–H and O–H groups in total. The molecule has 0 radical (unpaired) electrons. The van der Waals surface area contributed by atoms with E-state index in [9.17, 15) is 0 Å². The molecule has 2 rings (SSSR count). The topological polar surface area (TPSA) is 42.2 Å². The summed E-state index contributed by atoms with van der Waals surface area (Å²) in [7, 11) is 0. The molecule has 0 aliphatic carbocycles. The number of likely N-dealkylation sites (tertiary alicyclic amines) is 1. The minimum atomic E-state index is 0.540. The van der Waals surface area contributed by atoms with Crippen molar-refractivity contribution < 1.29 is 0 Å². The lowest BCUT2D eigenvalue weighted by Crippen LogP contribution is -2.35. The predicted molar refractivity (Wildman–Crippen MR) is 75.0 cm³/mol. The Labute approximate surface area is 110 Å². The third kappa shape index (κ3) is 3.30. The third-order valence-corrected chi connectivity index (χ3v) is 4.15. The highest BCUT2D eigenvalue weighted by molar-refractivity contribution is 5.19. The van der Waals surface area contributed by atoms with Crippen LogP contribution in [-0.4, -0.2) is 23.0 Å². The van der Waals surface area contributed by atoms with Gasteiger partial charge in [-0.05, 0) is 49.4 Å². The summed E-state index contributed by atoms with van der Waals surface area (Å²) < 4.78 is 0. The Balaban J connectivity index is 1.91. The minimum Gasteiger partial charge on any atom is -0.325 e. The van der Waals surface area contributed by atoms with Crippen molar-refractivity contribution in [3.8, 4) is 0 Å². The van der Waals surface area contributed by atoms with Gasteiger partial charge in [0.2, 0.25) is 0 Å². The van der Waals surface area contributed by atoms with Gasteiger partial charge < -0.3 is 5.73 Å². The number of hydrogen-bond donors (Lipinski definition) is 1. The summed E-state index contributed by atoms with van der Waals surface area (Å²) in [5, 5.41) is 0. The zero-order valence-corrected chi connectivity index (χ0v) is 11.6. The Morgan fingerprint density at radius 3 is 2.72 bits per heavy atom. The predicted octanol–water partition coefficient (Wildman–Crippen LogP) is 2.41. The van der Waals surface area contributed by atoms with Crippen LogP contribution in [0, 0.1) is 11.8 Å². The molecule has 18 heavy (non-hydrogen) atoms. The maximum absolute atomic E-state index is 5.74. The van der Waals surface area contributed by atoms with Gasteiger partial charge in [0.05, 0.1) is 5.69 Å². The lowest BCUT2D eigenvalue weighted by atomic mass is 9.86. The van der Waals surface area contributed by atoms with Crippen LogP contribution in [0.3, 0.4) is 0 Å². The molecule has 1 fully saturated rings. The number of pyridine rings is 1. The maximum Gasteiger partial charge on any atom is 0.0584 e. The average Bonchev–Trinajstić information content (AvgIpc) is 2.40. The molecule has 0 spiro atoms. The summed E-state index contributed by atoms with van der Waals surface area (Å²) in [4.78, 5) is 6.89. The van der Waals surface area contributed by atoms with Crippen LogP contribution < -0.4 is 5.73 Å². The van der Waals surface area contributed by atoms with Crippen LogP contribution in [0.5, 0.6) is 0 Å². The first-order chi connectivity index (χ1) is 8.70.